The fourth-order valence-corrected chi connectivity index (χ4v) is 3.94. The van der Waals surface area contributed by atoms with Crippen LogP contribution in [-0.4, -0.2) is 21.2 Å². The van der Waals surface area contributed by atoms with Crippen LogP contribution >= 0.6 is 0 Å². The van der Waals surface area contributed by atoms with Crippen molar-refractivity contribution in [1.82, 2.24) is 0 Å². The number of hydrogen-bond acceptors (Lipinski definition) is 4. The first-order chi connectivity index (χ1) is 13.9. The van der Waals surface area contributed by atoms with Crippen LogP contribution in [0.15, 0.2) is 76.6 Å². The largest absolute Gasteiger partial charge is 0.494 e. The predicted octanol–water partition coefficient (Wildman–Crippen LogP) is 5.25. The first kappa shape index (κ1) is 20.6. The lowest BCUT2D eigenvalue weighted by Gasteiger charge is -2.11. The first-order valence-corrected chi connectivity index (χ1v) is 10.8. The third-order valence-electron chi connectivity index (χ3n) is 4.33. The van der Waals surface area contributed by atoms with Crippen LogP contribution in [0.3, 0.4) is 0 Å². The van der Waals surface area contributed by atoms with E-state index < -0.39 is 10.0 Å². The quantitative estimate of drug-likeness (QED) is 0.543. The number of nitrogens with one attached hydrogen (secondary N) is 1. The SMILES string of the molecule is CCOc1ccc(C=Nc2ccc(S(=O)(=O)Nc3ccc(C)cc3C)cc2)cc1. The molecule has 0 aliphatic heterocycles. The second-order valence-electron chi connectivity index (χ2n) is 6.68. The molecule has 0 aromatic heterocycles. The molecule has 0 saturated heterocycles. The molecule has 0 fully saturated rings. The summed E-state index contributed by atoms with van der Waals surface area (Å²) in [5, 5.41) is 0. The molecule has 3 rings (SSSR count). The minimum absolute atomic E-state index is 0.192. The summed E-state index contributed by atoms with van der Waals surface area (Å²) < 4.78 is 33.4. The molecule has 3 aromatic rings. The second kappa shape index (κ2) is 8.92. The average molecular weight is 409 g/mol. The fourth-order valence-electron chi connectivity index (χ4n) is 2.81. The van der Waals surface area contributed by atoms with Crippen molar-refractivity contribution in [2.45, 2.75) is 25.7 Å². The molecule has 5 nitrogen and oxygen atoms in total. The lowest BCUT2D eigenvalue weighted by Crippen LogP contribution is -2.13. The molecule has 0 amide bonds. The number of aliphatic imine (C=N–C) groups is 1. The van der Waals surface area contributed by atoms with E-state index in [1.807, 2.05) is 57.2 Å². The second-order valence-corrected chi connectivity index (χ2v) is 8.36. The molecule has 1 N–H and O–H groups in total. The number of aryl methyl sites for hydroxylation is 2. The van der Waals surface area contributed by atoms with Gasteiger partial charge in [0.1, 0.15) is 5.75 Å². The van der Waals surface area contributed by atoms with E-state index in [-0.39, 0.29) is 4.90 Å². The number of benzene rings is 3. The van der Waals surface area contributed by atoms with E-state index in [0.717, 1.165) is 22.4 Å². The third kappa shape index (κ3) is 5.45. The van der Waals surface area contributed by atoms with E-state index in [0.29, 0.717) is 18.0 Å². The van der Waals surface area contributed by atoms with Crippen molar-refractivity contribution in [3.63, 3.8) is 0 Å². The standard InChI is InChI=1S/C23H24N2O3S/c1-4-28-21-10-6-19(7-11-21)16-24-20-8-12-22(13-9-20)29(26,27)25-23-14-5-17(2)15-18(23)3/h5-16,25H,4H2,1-3H3. The van der Waals surface area contributed by atoms with Crippen molar-refractivity contribution in [2.24, 2.45) is 4.99 Å². The summed E-state index contributed by atoms with van der Waals surface area (Å²) in [6.07, 6.45) is 1.73. The van der Waals surface area contributed by atoms with E-state index in [1.165, 1.54) is 0 Å². The fraction of sp³-hybridized carbons (Fsp3) is 0.174. The molecule has 29 heavy (non-hydrogen) atoms. The Kier molecular flexibility index (Phi) is 6.34. The van der Waals surface area contributed by atoms with Crippen molar-refractivity contribution < 1.29 is 13.2 Å². The van der Waals surface area contributed by atoms with Crippen molar-refractivity contribution in [3.05, 3.63) is 83.4 Å². The molecular formula is C23H24N2O3S. The minimum atomic E-state index is -3.66. The maximum atomic E-state index is 12.7. The molecule has 0 heterocycles. The van der Waals surface area contributed by atoms with Crippen molar-refractivity contribution in [2.75, 3.05) is 11.3 Å². The van der Waals surface area contributed by atoms with Crippen LogP contribution in [0.2, 0.25) is 0 Å². The smallest absolute Gasteiger partial charge is 0.261 e. The Labute approximate surface area is 172 Å². The minimum Gasteiger partial charge on any atom is -0.494 e. The van der Waals surface area contributed by atoms with Crippen molar-refractivity contribution >= 4 is 27.6 Å². The van der Waals surface area contributed by atoms with Crippen LogP contribution in [0, 0.1) is 13.8 Å². The molecule has 0 saturated carbocycles. The van der Waals surface area contributed by atoms with Crippen LogP contribution in [0.5, 0.6) is 5.75 Å². The van der Waals surface area contributed by atoms with Gasteiger partial charge in [0, 0.05) is 6.21 Å². The summed E-state index contributed by atoms with van der Waals surface area (Å²) in [6, 6.07) is 19.7. The maximum Gasteiger partial charge on any atom is 0.261 e. The van der Waals surface area contributed by atoms with Crippen molar-refractivity contribution in [3.8, 4) is 5.75 Å². The lowest BCUT2D eigenvalue weighted by atomic mass is 10.1. The molecule has 6 heteroatoms. The van der Waals surface area contributed by atoms with E-state index in [4.69, 9.17) is 4.74 Å². The van der Waals surface area contributed by atoms with Gasteiger partial charge in [-0.3, -0.25) is 9.71 Å². The topological polar surface area (TPSA) is 67.8 Å². The Hall–Kier alpha value is -3.12. The van der Waals surface area contributed by atoms with Gasteiger partial charge in [-0.05, 0) is 86.5 Å². The number of nitrogens with zero attached hydrogens (tertiary/aromatic N) is 1. The number of anilines is 1. The molecule has 0 aliphatic rings. The number of sulfonamides is 1. The van der Waals surface area contributed by atoms with Gasteiger partial charge < -0.3 is 4.74 Å². The maximum absolute atomic E-state index is 12.7. The molecule has 3 aromatic carbocycles. The monoisotopic (exact) mass is 408 g/mol. The highest BCUT2D eigenvalue weighted by molar-refractivity contribution is 7.92. The Morgan fingerprint density at radius 2 is 1.66 bits per heavy atom. The van der Waals surface area contributed by atoms with Gasteiger partial charge in [0.05, 0.1) is 22.9 Å². The molecule has 0 radical (unpaired) electrons. The number of ether oxygens (including phenoxy) is 1. The number of rotatable bonds is 7. The Balaban J connectivity index is 1.71. The zero-order valence-corrected chi connectivity index (χ0v) is 17.5. The summed E-state index contributed by atoms with van der Waals surface area (Å²) in [4.78, 5) is 4.59. The highest BCUT2D eigenvalue weighted by Crippen LogP contribution is 2.22. The molecular weight excluding hydrogens is 384 g/mol. The van der Waals surface area contributed by atoms with Gasteiger partial charge in [-0.25, -0.2) is 8.42 Å². The van der Waals surface area contributed by atoms with Gasteiger partial charge >= 0.3 is 0 Å². The van der Waals surface area contributed by atoms with Crippen LogP contribution < -0.4 is 9.46 Å². The summed E-state index contributed by atoms with van der Waals surface area (Å²) in [6.45, 7) is 6.42. The highest BCUT2D eigenvalue weighted by atomic mass is 32.2. The third-order valence-corrected chi connectivity index (χ3v) is 5.71. The average Bonchev–Trinajstić information content (AvgIpc) is 2.70. The molecule has 150 valence electrons. The highest BCUT2D eigenvalue weighted by Gasteiger charge is 2.15. The van der Waals surface area contributed by atoms with Gasteiger partial charge in [-0.2, -0.15) is 0 Å². The van der Waals surface area contributed by atoms with E-state index in [9.17, 15) is 8.42 Å². The van der Waals surface area contributed by atoms with Gasteiger partial charge in [-0.15, -0.1) is 0 Å². The molecule has 0 bridgehead atoms. The molecule has 0 unspecified atom stereocenters. The first-order valence-electron chi connectivity index (χ1n) is 9.34. The Morgan fingerprint density at radius 3 is 2.28 bits per heavy atom. The van der Waals surface area contributed by atoms with Crippen LogP contribution in [0.25, 0.3) is 0 Å². The molecule has 0 aliphatic carbocycles. The Bertz CT molecular complexity index is 1100. The molecule has 0 atom stereocenters. The van der Waals surface area contributed by atoms with Gasteiger partial charge in [0.15, 0.2) is 0 Å². The normalized spacial score (nSPS) is 11.6. The Morgan fingerprint density at radius 1 is 0.966 bits per heavy atom. The zero-order valence-electron chi connectivity index (χ0n) is 16.7. The predicted molar refractivity (Wildman–Crippen MR) is 118 cm³/mol. The van der Waals surface area contributed by atoms with Crippen LogP contribution in [-0.2, 0) is 10.0 Å². The summed E-state index contributed by atoms with van der Waals surface area (Å²) in [7, 11) is -3.66. The summed E-state index contributed by atoms with van der Waals surface area (Å²) >= 11 is 0. The number of hydrogen-bond donors (Lipinski definition) is 1. The summed E-state index contributed by atoms with van der Waals surface area (Å²) in [5.74, 6) is 0.815. The van der Waals surface area contributed by atoms with Gasteiger partial charge in [0.2, 0.25) is 0 Å². The lowest BCUT2D eigenvalue weighted by molar-refractivity contribution is 0.340. The zero-order chi connectivity index (χ0) is 20.9. The van der Waals surface area contributed by atoms with E-state index in [1.54, 1.807) is 36.5 Å². The van der Waals surface area contributed by atoms with Gasteiger partial charge in [0.25, 0.3) is 10.0 Å². The van der Waals surface area contributed by atoms with Crippen LogP contribution in [0.1, 0.15) is 23.6 Å². The molecule has 0 spiro atoms. The van der Waals surface area contributed by atoms with E-state index in [2.05, 4.69) is 9.71 Å². The summed E-state index contributed by atoms with van der Waals surface area (Å²) in [5.41, 5.74) is 4.14. The van der Waals surface area contributed by atoms with Gasteiger partial charge in [-0.1, -0.05) is 17.7 Å². The van der Waals surface area contributed by atoms with E-state index >= 15 is 0 Å². The van der Waals surface area contributed by atoms with Crippen molar-refractivity contribution in [1.29, 1.82) is 0 Å². The van der Waals surface area contributed by atoms with Crippen LogP contribution in [0.4, 0.5) is 11.4 Å².